The van der Waals surface area contributed by atoms with Gasteiger partial charge in [-0.3, -0.25) is 14.5 Å². The average molecular weight is 373 g/mol. The Morgan fingerprint density at radius 3 is 2.93 bits per heavy atom. The molecule has 1 atom stereocenters. The first kappa shape index (κ1) is 19.2. The molecule has 2 aromatic heterocycles. The molecule has 3 rings (SSSR count). The molecule has 1 unspecified atom stereocenters. The fraction of sp³-hybridized carbons (Fsp3) is 0.526. The van der Waals surface area contributed by atoms with E-state index in [-0.39, 0.29) is 24.3 Å². The molecule has 3 heterocycles. The Bertz CT molecular complexity index is 768. The van der Waals surface area contributed by atoms with E-state index in [1.165, 1.54) is 0 Å². The predicted molar refractivity (Wildman–Crippen MR) is 99.4 cm³/mol. The average Bonchev–Trinajstić information content (AvgIpc) is 3.27. The van der Waals surface area contributed by atoms with Crippen LogP contribution in [0.2, 0.25) is 0 Å². The first-order chi connectivity index (χ1) is 13.0. The zero-order valence-electron chi connectivity index (χ0n) is 16.1. The number of piperazine rings is 1. The number of hydrogen-bond acceptors (Lipinski definition) is 5. The summed E-state index contributed by atoms with van der Waals surface area (Å²) in [5.41, 5.74) is 0.996. The summed E-state index contributed by atoms with van der Waals surface area (Å²) in [6.45, 7) is 6.26. The number of rotatable bonds is 7. The van der Waals surface area contributed by atoms with Gasteiger partial charge in [0.15, 0.2) is 0 Å². The molecule has 146 valence electrons. The van der Waals surface area contributed by atoms with Gasteiger partial charge in [0, 0.05) is 50.7 Å². The molecule has 0 bridgehead atoms. The van der Waals surface area contributed by atoms with Crippen LogP contribution < -0.4 is 5.32 Å². The Labute approximate surface area is 159 Å². The van der Waals surface area contributed by atoms with E-state index < -0.39 is 6.04 Å². The SMILES string of the molecule is CC(C)N(Cc1nccn1C)C(=O)CC1C(=O)NCCN1Cc1ccoc1. The molecule has 0 spiro atoms. The van der Waals surface area contributed by atoms with E-state index in [1.54, 1.807) is 23.6 Å². The lowest BCUT2D eigenvalue weighted by atomic mass is 10.1. The van der Waals surface area contributed by atoms with E-state index in [4.69, 9.17) is 4.42 Å². The van der Waals surface area contributed by atoms with Crippen molar-refractivity contribution >= 4 is 11.8 Å². The maximum Gasteiger partial charge on any atom is 0.237 e. The van der Waals surface area contributed by atoms with E-state index in [2.05, 4.69) is 10.3 Å². The van der Waals surface area contributed by atoms with Gasteiger partial charge in [-0.15, -0.1) is 0 Å². The van der Waals surface area contributed by atoms with Crippen molar-refractivity contribution in [1.82, 2.24) is 24.7 Å². The molecule has 8 heteroatoms. The minimum absolute atomic E-state index is 0.0168. The van der Waals surface area contributed by atoms with Gasteiger partial charge >= 0.3 is 0 Å². The lowest BCUT2D eigenvalue weighted by Crippen LogP contribution is -2.56. The molecule has 8 nitrogen and oxygen atoms in total. The molecule has 0 radical (unpaired) electrons. The molecule has 1 N–H and O–H groups in total. The monoisotopic (exact) mass is 373 g/mol. The molecule has 0 aliphatic carbocycles. The molecule has 0 aromatic carbocycles. The normalized spacial score (nSPS) is 17.9. The molecule has 1 fully saturated rings. The summed E-state index contributed by atoms with van der Waals surface area (Å²) in [6, 6.07) is 1.42. The second-order valence-electron chi connectivity index (χ2n) is 7.18. The quantitative estimate of drug-likeness (QED) is 0.787. The summed E-state index contributed by atoms with van der Waals surface area (Å²) in [7, 11) is 1.91. The van der Waals surface area contributed by atoms with Crippen molar-refractivity contribution < 1.29 is 14.0 Å². The highest BCUT2D eigenvalue weighted by atomic mass is 16.3. The van der Waals surface area contributed by atoms with Gasteiger partial charge in [0.2, 0.25) is 11.8 Å². The van der Waals surface area contributed by atoms with E-state index in [1.807, 2.05) is 42.6 Å². The summed E-state index contributed by atoms with van der Waals surface area (Å²) in [5.74, 6) is 0.673. The predicted octanol–water partition coefficient (Wildman–Crippen LogP) is 1.14. The van der Waals surface area contributed by atoms with E-state index in [0.717, 1.165) is 11.4 Å². The molecule has 2 amide bonds. The van der Waals surface area contributed by atoms with Gasteiger partial charge in [0.25, 0.3) is 0 Å². The third-order valence-electron chi connectivity index (χ3n) is 4.95. The Morgan fingerprint density at radius 2 is 2.30 bits per heavy atom. The van der Waals surface area contributed by atoms with Crippen LogP contribution in [0.5, 0.6) is 0 Å². The summed E-state index contributed by atoms with van der Waals surface area (Å²) in [5, 5.41) is 2.88. The Balaban J connectivity index is 1.71. The third-order valence-corrected chi connectivity index (χ3v) is 4.95. The maximum absolute atomic E-state index is 13.0. The number of nitrogens with one attached hydrogen (secondary N) is 1. The highest BCUT2D eigenvalue weighted by molar-refractivity contribution is 5.89. The summed E-state index contributed by atoms with van der Waals surface area (Å²) in [4.78, 5) is 33.7. The van der Waals surface area contributed by atoms with Gasteiger partial charge in [-0.05, 0) is 19.9 Å². The number of carbonyl (C=O) groups excluding carboxylic acids is 2. The molecule has 27 heavy (non-hydrogen) atoms. The summed E-state index contributed by atoms with van der Waals surface area (Å²) < 4.78 is 7.03. The van der Waals surface area contributed by atoms with Crippen LogP contribution in [0.3, 0.4) is 0 Å². The fourth-order valence-electron chi connectivity index (χ4n) is 3.33. The number of nitrogens with zero attached hydrogens (tertiary/aromatic N) is 4. The van der Waals surface area contributed by atoms with Crippen LogP contribution in [0.25, 0.3) is 0 Å². The summed E-state index contributed by atoms with van der Waals surface area (Å²) in [6.07, 6.45) is 7.02. The lowest BCUT2D eigenvalue weighted by Gasteiger charge is -2.36. The Hall–Kier alpha value is -2.61. The largest absolute Gasteiger partial charge is 0.472 e. The number of furan rings is 1. The first-order valence-electron chi connectivity index (χ1n) is 9.24. The summed E-state index contributed by atoms with van der Waals surface area (Å²) >= 11 is 0. The van der Waals surface area contributed by atoms with E-state index >= 15 is 0 Å². The number of aromatic nitrogens is 2. The molecule has 1 aliphatic heterocycles. The van der Waals surface area contributed by atoms with E-state index in [9.17, 15) is 9.59 Å². The number of hydrogen-bond donors (Lipinski definition) is 1. The van der Waals surface area contributed by atoms with Crippen LogP contribution in [0.1, 0.15) is 31.7 Å². The van der Waals surface area contributed by atoms with Crippen molar-refractivity contribution in [3.63, 3.8) is 0 Å². The van der Waals surface area contributed by atoms with Crippen molar-refractivity contribution in [1.29, 1.82) is 0 Å². The molecule has 1 saturated heterocycles. The van der Waals surface area contributed by atoms with Crippen LogP contribution in [-0.2, 0) is 29.7 Å². The molecular weight excluding hydrogens is 346 g/mol. The number of imidazole rings is 1. The molecule has 0 saturated carbocycles. The van der Waals surface area contributed by atoms with Crippen molar-refractivity contribution in [3.8, 4) is 0 Å². The highest BCUT2D eigenvalue weighted by Gasteiger charge is 2.33. The number of aryl methyl sites for hydroxylation is 1. The topological polar surface area (TPSA) is 83.6 Å². The van der Waals surface area contributed by atoms with Gasteiger partial charge in [0.05, 0.1) is 31.5 Å². The van der Waals surface area contributed by atoms with Crippen molar-refractivity contribution in [3.05, 3.63) is 42.4 Å². The molecule has 2 aromatic rings. The van der Waals surface area contributed by atoms with Crippen LogP contribution in [0.4, 0.5) is 0 Å². The van der Waals surface area contributed by atoms with Crippen molar-refractivity contribution in [2.24, 2.45) is 7.05 Å². The minimum Gasteiger partial charge on any atom is -0.472 e. The van der Waals surface area contributed by atoms with Crippen molar-refractivity contribution in [2.45, 2.75) is 45.4 Å². The molecule has 1 aliphatic rings. The van der Waals surface area contributed by atoms with Crippen LogP contribution in [0, 0.1) is 0 Å². The molecular formula is C19H27N5O3. The Kier molecular flexibility index (Phi) is 5.95. The fourth-order valence-corrected chi connectivity index (χ4v) is 3.33. The van der Waals surface area contributed by atoms with Gasteiger partial charge in [-0.2, -0.15) is 0 Å². The smallest absolute Gasteiger partial charge is 0.237 e. The first-order valence-corrected chi connectivity index (χ1v) is 9.24. The Morgan fingerprint density at radius 1 is 1.48 bits per heavy atom. The minimum atomic E-state index is -0.483. The second kappa shape index (κ2) is 8.39. The highest BCUT2D eigenvalue weighted by Crippen LogP contribution is 2.17. The van der Waals surface area contributed by atoms with Gasteiger partial charge in [-0.1, -0.05) is 0 Å². The second-order valence-corrected chi connectivity index (χ2v) is 7.18. The van der Waals surface area contributed by atoms with Crippen LogP contribution >= 0.6 is 0 Å². The van der Waals surface area contributed by atoms with Gasteiger partial charge in [-0.25, -0.2) is 4.98 Å². The number of amides is 2. The standard InChI is InChI=1S/C19H27N5O3/c1-14(2)24(12-17-20-5-7-22(17)3)18(25)10-16-19(26)21-6-8-23(16)11-15-4-9-27-13-15/h4-5,7,9,13-14,16H,6,8,10-12H2,1-3H3,(H,21,26). The van der Waals surface area contributed by atoms with Gasteiger partial charge < -0.3 is 19.2 Å². The van der Waals surface area contributed by atoms with Crippen LogP contribution in [0.15, 0.2) is 35.4 Å². The maximum atomic E-state index is 13.0. The lowest BCUT2D eigenvalue weighted by molar-refractivity contribution is -0.140. The zero-order valence-corrected chi connectivity index (χ0v) is 16.1. The van der Waals surface area contributed by atoms with Gasteiger partial charge in [0.1, 0.15) is 5.82 Å². The van der Waals surface area contributed by atoms with Crippen molar-refractivity contribution in [2.75, 3.05) is 13.1 Å². The third kappa shape index (κ3) is 4.57. The van der Waals surface area contributed by atoms with E-state index in [0.29, 0.717) is 26.2 Å². The zero-order chi connectivity index (χ0) is 19.4. The number of carbonyl (C=O) groups is 2. The van der Waals surface area contributed by atoms with Crippen LogP contribution in [-0.4, -0.2) is 56.3 Å².